The normalized spacial score (nSPS) is 9.40. The predicted octanol–water partition coefficient (Wildman–Crippen LogP) is 0.692. The van der Waals surface area contributed by atoms with Gasteiger partial charge in [0.1, 0.15) is 0 Å². The van der Waals surface area contributed by atoms with E-state index in [1.165, 1.54) is 13.2 Å². The second kappa shape index (κ2) is 2.56. The molecule has 0 fully saturated rings. The van der Waals surface area contributed by atoms with Crippen molar-refractivity contribution in [1.82, 2.24) is 4.98 Å². The van der Waals surface area contributed by atoms with E-state index in [4.69, 9.17) is 4.74 Å². The second-order valence-electron chi connectivity index (χ2n) is 2.05. The van der Waals surface area contributed by atoms with Gasteiger partial charge in [0.15, 0.2) is 5.75 Å². The highest BCUT2D eigenvalue weighted by atomic mass is 16.5. The fourth-order valence-corrected chi connectivity index (χ4v) is 0.719. The zero-order chi connectivity index (χ0) is 7.56. The molecular weight excluding hydrogens is 130 g/mol. The Kier molecular flexibility index (Phi) is 1.76. The maximum absolute atomic E-state index is 10.9. The average Bonchev–Trinajstić information content (AvgIpc) is 1.88. The van der Waals surface area contributed by atoms with Crippen LogP contribution in [0.3, 0.4) is 0 Å². The number of ether oxygens (including phenoxy) is 1. The quantitative estimate of drug-likeness (QED) is 0.622. The topological polar surface area (TPSA) is 42.1 Å². The van der Waals surface area contributed by atoms with Gasteiger partial charge in [-0.05, 0) is 6.92 Å². The van der Waals surface area contributed by atoms with Crippen LogP contribution in [0.4, 0.5) is 0 Å². The van der Waals surface area contributed by atoms with Gasteiger partial charge in [0.25, 0.3) is 0 Å². The standard InChI is InChI=1S/C7H9NO2/c1-5-3-6(9)7(10-2)4-8-5/h3-4H,1-2H3,(H,8,9). The third kappa shape index (κ3) is 1.18. The van der Waals surface area contributed by atoms with Crippen molar-refractivity contribution in [2.75, 3.05) is 7.11 Å². The predicted molar refractivity (Wildman–Crippen MR) is 38.4 cm³/mol. The van der Waals surface area contributed by atoms with E-state index in [2.05, 4.69) is 4.98 Å². The van der Waals surface area contributed by atoms with E-state index < -0.39 is 0 Å². The summed E-state index contributed by atoms with van der Waals surface area (Å²) in [6, 6.07) is 1.50. The Morgan fingerprint density at radius 1 is 1.60 bits per heavy atom. The molecule has 0 aliphatic carbocycles. The molecule has 0 spiro atoms. The van der Waals surface area contributed by atoms with Gasteiger partial charge in [-0.2, -0.15) is 0 Å². The molecule has 0 unspecified atom stereocenters. The summed E-state index contributed by atoms with van der Waals surface area (Å²) in [7, 11) is 1.47. The molecule has 3 nitrogen and oxygen atoms in total. The van der Waals surface area contributed by atoms with E-state index in [1.54, 1.807) is 6.20 Å². The SMILES string of the molecule is COc1c[nH]c(C)cc1=O. The highest BCUT2D eigenvalue weighted by Crippen LogP contribution is 1.98. The third-order valence-electron chi connectivity index (χ3n) is 1.24. The molecule has 0 aliphatic rings. The minimum atomic E-state index is -0.0845. The van der Waals surface area contributed by atoms with E-state index in [-0.39, 0.29) is 5.43 Å². The average molecular weight is 139 g/mol. The first-order chi connectivity index (χ1) is 4.74. The minimum Gasteiger partial charge on any atom is -0.491 e. The van der Waals surface area contributed by atoms with Crippen LogP contribution in [0.25, 0.3) is 0 Å². The maximum atomic E-state index is 10.9. The summed E-state index contributed by atoms with van der Waals surface area (Å²) in [5.74, 6) is 0.352. The summed E-state index contributed by atoms with van der Waals surface area (Å²) >= 11 is 0. The van der Waals surface area contributed by atoms with E-state index in [9.17, 15) is 4.79 Å². The van der Waals surface area contributed by atoms with Crippen molar-refractivity contribution in [3.05, 3.63) is 28.2 Å². The van der Waals surface area contributed by atoms with E-state index in [1.807, 2.05) is 6.92 Å². The molecule has 0 saturated heterocycles. The van der Waals surface area contributed by atoms with Crippen molar-refractivity contribution in [1.29, 1.82) is 0 Å². The van der Waals surface area contributed by atoms with Gasteiger partial charge in [-0.3, -0.25) is 4.79 Å². The van der Waals surface area contributed by atoms with Crippen LogP contribution in [0.5, 0.6) is 5.75 Å². The van der Waals surface area contributed by atoms with Crippen LogP contribution in [-0.4, -0.2) is 12.1 Å². The number of hydrogen-bond acceptors (Lipinski definition) is 2. The van der Waals surface area contributed by atoms with E-state index in [0.717, 1.165) is 5.69 Å². The summed E-state index contributed by atoms with van der Waals surface area (Å²) in [5.41, 5.74) is 0.754. The molecule has 0 radical (unpaired) electrons. The molecule has 0 atom stereocenters. The lowest BCUT2D eigenvalue weighted by Crippen LogP contribution is -2.04. The largest absolute Gasteiger partial charge is 0.491 e. The summed E-state index contributed by atoms with van der Waals surface area (Å²) < 4.78 is 4.76. The van der Waals surface area contributed by atoms with Crippen LogP contribution < -0.4 is 10.2 Å². The lowest BCUT2D eigenvalue weighted by molar-refractivity contribution is 0.408. The van der Waals surface area contributed by atoms with Crippen LogP contribution >= 0.6 is 0 Å². The van der Waals surface area contributed by atoms with Gasteiger partial charge in [-0.25, -0.2) is 0 Å². The zero-order valence-electron chi connectivity index (χ0n) is 5.97. The van der Waals surface area contributed by atoms with Gasteiger partial charge in [0.05, 0.1) is 7.11 Å². The monoisotopic (exact) mass is 139 g/mol. The molecule has 0 aromatic carbocycles. The Morgan fingerprint density at radius 3 is 2.80 bits per heavy atom. The molecule has 0 aliphatic heterocycles. The molecule has 10 heavy (non-hydrogen) atoms. The molecule has 0 saturated carbocycles. The first-order valence-corrected chi connectivity index (χ1v) is 2.97. The minimum absolute atomic E-state index is 0.0845. The van der Waals surface area contributed by atoms with Crippen LogP contribution in [0.1, 0.15) is 5.69 Å². The molecule has 0 bridgehead atoms. The smallest absolute Gasteiger partial charge is 0.223 e. The summed E-state index contributed by atoms with van der Waals surface area (Å²) in [6.07, 6.45) is 1.55. The van der Waals surface area contributed by atoms with Crippen molar-refractivity contribution in [2.45, 2.75) is 6.92 Å². The number of H-pyrrole nitrogens is 1. The van der Waals surface area contributed by atoms with E-state index >= 15 is 0 Å². The number of nitrogens with one attached hydrogen (secondary N) is 1. The molecule has 1 heterocycles. The van der Waals surface area contributed by atoms with Crippen molar-refractivity contribution in [3.63, 3.8) is 0 Å². The number of aromatic amines is 1. The molecular formula is C7H9NO2. The van der Waals surface area contributed by atoms with Crippen molar-refractivity contribution in [2.24, 2.45) is 0 Å². The molecule has 0 amide bonds. The Bertz CT molecular complexity index is 277. The van der Waals surface area contributed by atoms with Crippen molar-refractivity contribution < 1.29 is 4.74 Å². The number of aromatic nitrogens is 1. The van der Waals surface area contributed by atoms with Crippen LogP contribution in [0.2, 0.25) is 0 Å². The highest BCUT2D eigenvalue weighted by molar-refractivity contribution is 5.19. The number of hydrogen-bond donors (Lipinski definition) is 1. The van der Waals surface area contributed by atoms with Gasteiger partial charge in [0, 0.05) is 18.0 Å². The van der Waals surface area contributed by atoms with E-state index in [0.29, 0.717) is 5.75 Å². The Hall–Kier alpha value is -1.25. The van der Waals surface area contributed by atoms with Gasteiger partial charge in [0.2, 0.25) is 5.43 Å². The van der Waals surface area contributed by atoms with Crippen LogP contribution in [-0.2, 0) is 0 Å². The van der Waals surface area contributed by atoms with Crippen LogP contribution in [0, 0.1) is 6.92 Å². The van der Waals surface area contributed by atoms with Gasteiger partial charge in [-0.1, -0.05) is 0 Å². The number of methoxy groups -OCH3 is 1. The molecule has 3 heteroatoms. The number of aryl methyl sites for hydroxylation is 1. The zero-order valence-corrected chi connectivity index (χ0v) is 5.97. The highest BCUT2D eigenvalue weighted by Gasteiger charge is 1.95. The lowest BCUT2D eigenvalue weighted by atomic mass is 10.3. The Balaban J connectivity index is 3.20. The number of pyridine rings is 1. The van der Waals surface area contributed by atoms with Crippen molar-refractivity contribution in [3.8, 4) is 5.75 Å². The molecule has 1 aromatic rings. The first-order valence-electron chi connectivity index (χ1n) is 2.97. The fourth-order valence-electron chi connectivity index (χ4n) is 0.719. The van der Waals surface area contributed by atoms with Gasteiger partial charge >= 0.3 is 0 Å². The second-order valence-corrected chi connectivity index (χ2v) is 2.05. The summed E-state index contributed by atoms with van der Waals surface area (Å²) in [4.78, 5) is 13.8. The summed E-state index contributed by atoms with van der Waals surface area (Å²) in [5, 5.41) is 0. The third-order valence-corrected chi connectivity index (χ3v) is 1.24. The fraction of sp³-hybridized carbons (Fsp3) is 0.286. The van der Waals surface area contributed by atoms with Gasteiger partial charge < -0.3 is 9.72 Å². The molecule has 1 rings (SSSR count). The number of rotatable bonds is 1. The molecule has 1 aromatic heterocycles. The molecule has 54 valence electrons. The maximum Gasteiger partial charge on any atom is 0.223 e. The van der Waals surface area contributed by atoms with Crippen molar-refractivity contribution >= 4 is 0 Å². The summed E-state index contributed by atoms with van der Waals surface area (Å²) in [6.45, 7) is 1.82. The van der Waals surface area contributed by atoms with Gasteiger partial charge in [-0.15, -0.1) is 0 Å². The Labute approximate surface area is 58.7 Å². The van der Waals surface area contributed by atoms with Crippen LogP contribution in [0.15, 0.2) is 17.1 Å². The Morgan fingerprint density at radius 2 is 2.30 bits per heavy atom. The lowest BCUT2D eigenvalue weighted by Gasteiger charge is -1.96. The molecule has 1 N–H and O–H groups in total. The first kappa shape index (κ1) is 6.86.